The Bertz CT molecular complexity index is 8.00. The van der Waals surface area contributed by atoms with Crippen LogP contribution in [0.15, 0.2) is 0 Å². The van der Waals surface area contributed by atoms with Crippen molar-refractivity contribution in [3.05, 3.63) is 0 Å². The molecule has 4 heteroatoms. The molecule has 0 aromatic rings. The first kappa shape index (κ1) is 17.6. The Kier molecular flexibility index (Phi) is 104. The van der Waals surface area contributed by atoms with Gasteiger partial charge in [-0.3, -0.25) is 0 Å². The minimum atomic E-state index is 0. The molecule has 0 unspecified atom stereocenters. The van der Waals surface area contributed by atoms with Gasteiger partial charge in [0.2, 0.25) is 0 Å². The molecule has 0 fully saturated rings. The van der Waals surface area contributed by atoms with Gasteiger partial charge in [0.15, 0.2) is 17.4 Å². The van der Waals surface area contributed by atoms with Crippen molar-refractivity contribution in [2.24, 2.45) is 0 Å². The zero-order valence-electron chi connectivity index (χ0n) is 1.21. The summed E-state index contributed by atoms with van der Waals surface area (Å²) in [7, 11) is 0. The smallest absolute Gasteiger partial charge is 0 e. The van der Waals surface area contributed by atoms with Crippen molar-refractivity contribution in [3.63, 3.8) is 0 Å². The van der Waals surface area contributed by atoms with Crippen LogP contribution in [0.2, 0.25) is 0 Å². The maximum Gasteiger partial charge on any atom is 0 e. The molecule has 0 aromatic carbocycles. The van der Waals surface area contributed by atoms with Crippen LogP contribution in [0.3, 0.4) is 0 Å². The second-order valence-corrected chi connectivity index (χ2v) is 0. The molecular weight excluding hydrogens is 154 g/mol. The van der Waals surface area contributed by atoms with E-state index in [0.717, 1.165) is 0 Å². The van der Waals surface area contributed by atoms with E-state index < -0.39 is 0 Å². The standard InChI is InChI=1S/Al.Cu.O.Ti.3H. The van der Waals surface area contributed by atoms with E-state index in [1.807, 2.05) is 0 Å². The maximum absolute atomic E-state index is 7.81. The van der Waals surface area contributed by atoms with Crippen LogP contribution in [0.25, 0.3) is 0 Å². The van der Waals surface area contributed by atoms with Crippen LogP contribution in [-0.4, -0.2) is 17.4 Å². The molecule has 0 aromatic heterocycles. The molecule has 0 rings (SSSR count). The Hall–Kier alpha value is 1.57. The van der Waals surface area contributed by atoms with Crippen molar-refractivity contribution in [3.8, 4) is 0 Å². The number of hydrogen-bond acceptors (Lipinski definition) is 1. The molecule has 4 heavy (non-hydrogen) atoms. The van der Waals surface area contributed by atoms with Gasteiger partial charge in [-0.25, -0.2) is 0 Å². The van der Waals surface area contributed by atoms with Gasteiger partial charge in [0, 0.05) is 21.7 Å². The minimum absolute atomic E-state index is 0. The van der Waals surface area contributed by atoms with Gasteiger partial charge in [-0.2, -0.15) is 0 Å². The monoisotopic (exact) mass is 157 g/mol. The van der Waals surface area contributed by atoms with Crippen LogP contribution < -0.4 is 0 Å². The molecule has 0 heterocycles. The molecule has 1 nitrogen and oxygen atoms in total. The fraction of sp³-hybridized carbons (Fsp3) is 0. The summed E-state index contributed by atoms with van der Waals surface area (Å²) in [5.41, 5.74) is 0. The summed E-state index contributed by atoms with van der Waals surface area (Å²) in [5.74, 6) is 0. The first-order valence-electron chi connectivity index (χ1n) is 0.123. The summed E-state index contributed by atoms with van der Waals surface area (Å²) in [6, 6.07) is 0. The predicted octanol–water partition coefficient (Wildman–Crippen LogP) is -1.31. The van der Waals surface area contributed by atoms with Crippen LogP contribution in [-0.2, 0) is 41.5 Å². The zero-order valence-corrected chi connectivity index (χ0v) is 3.71. The van der Waals surface area contributed by atoms with E-state index in [9.17, 15) is 0 Å². The predicted molar refractivity (Wildman–Crippen MR) is 10.6 cm³/mol. The summed E-state index contributed by atoms with van der Waals surface area (Å²) < 4.78 is 7.81. The summed E-state index contributed by atoms with van der Waals surface area (Å²) in [4.78, 5) is 0. The third kappa shape index (κ3) is 9.57. The molecule has 27 valence electrons. The van der Waals surface area contributed by atoms with Gasteiger partial charge in [-0.1, -0.05) is 0 Å². The third-order valence-corrected chi connectivity index (χ3v) is 0. The maximum atomic E-state index is 7.81. The molecular formula is H3AlCuOTi. The summed E-state index contributed by atoms with van der Waals surface area (Å²) in [6.45, 7) is 0. The molecule has 0 aliphatic rings. The van der Waals surface area contributed by atoms with Crippen molar-refractivity contribution in [2.45, 2.75) is 0 Å². The molecule has 0 spiro atoms. The molecule has 0 bridgehead atoms. The quantitative estimate of drug-likeness (QED) is 0.399. The fourth-order valence-corrected chi connectivity index (χ4v) is 0. The second kappa shape index (κ2) is 23.7. The van der Waals surface area contributed by atoms with E-state index >= 15 is 0 Å². The third-order valence-electron chi connectivity index (χ3n) is 0. The van der Waals surface area contributed by atoms with Gasteiger partial charge < -0.3 is 0 Å². The van der Waals surface area contributed by atoms with Crippen molar-refractivity contribution >= 4 is 17.4 Å². The van der Waals surface area contributed by atoms with Crippen molar-refractivity contribution < 1.29 is 41.5 Å². The van der Waals surface area contributed by atoms with Crippen LogP contribution in [0.1, 0.15) is 0 Å². The summed E-state index contributed by atoms with van der Waals surface area (Å²) in [6.07, 6.45) is 0. The van der Waals surface area contributed by atoms with E-state index in [2.05, 4.69) is 15.9 Å². The molecule has 0 aliphatic carbocycles. The van der Waals surface area contributed by atoms with Gasteiger partial charge in [-0.15, -0.1) is 0 Å². The van der Waals surface area contributed by atoms with Gasteiger partial charge >= 0.3 is 19.8 Å². The van der Waals surface area contributed by atoms with Crippen LogP contribution >= 0.6 is 0 Å². The Morgan fingerprint density at radius 2 is 1.25 bits per heavy atom. The fourth-order valence-electron chi connectivity index (χ4n) is 0. The Morgan fingerprint density at radius 3 is 1.25 bits per heavy atom. The summed E-state index contributed by atoms with van der Waals surface area (Å²) >= 11 is 2.94. The van der Waals surface area contributed by atoms with Gasteiger partial charge in [0.1, 0.15) is 0 Å². The van der Waals surface area contributed by atoms with E-state index in [1.54, 1.807) is 0 Å². The van der Waals surface area contributed by atoms with Crippen LogP contribution in [0, 0.1) is 0 Å². The molecule has 0 radical (unpaired) electrons. The van der Waals surface area contributed by atoms with Crippen LogP contribution in [0.5, 0.6) is 0 Å². The Labute approximate surface area is 58.6 Å². The Balaban J connectivity index is -0.00000000500. The largest absolute Gasteiger partial charge is 0 e. The van der Waals surface area contributed by atoms with E-state index in [4.69, 9.17) is 3.83 Å². The molecule has 0 atom stereocenters. The molecule has 0 amide bonds. The topological polar surface area (TPSA) is 17.1 Å². The molecule has 0 N–H and O–H groups in total. The van der Waals surface area contributed by atoms with E-state index in [1.165, 1.54) is 0 Å². The van der Waals surface area contributed by atoms with Crippen LogP contribution in [0.4, 0.5) is 0 Å². The van der Waals surface area contributed by atoms with Crippen molar-refractivity contribution in [1.82, 2.24) is 0 Å². The average Bonchev–Trinajstić information content (AvgIpc) is 1.00. The normalized spacial score (nSPS) is 1.50. The first-order chi connectivity index (χ1) is 1.00. The average molecular weight is 157 g/mol. The first-order valence-corrected chi connectivity index (χ1v) is 0.508. The number of rotatable bonds is 0. The number of hydrogen-bond donors (Lipinski definition) is 0. The molecule has 0 saturated heterocycles. The van der Waals surface area contributed by atoms with E-state index in [0.29, 0.717) is 0 Å². The SMILES string of the molecule is [AlH3].[O]=[Cu].[Ti]. The van der Waals surface area contributed by atoms with E-state index in [-0.39, 0.29) is 39.1 Å². The van der Waals surface area contributed by atoms with Crippen molar-refractivity contribution in [2.75, 3.05) is 0 Å². The Morgan fingerprint density at radius 1 is 1.25 bits per heavy atom. The molecule has 0 aliphatic heterocycles. The minimum Gasteiger partial charge on any atom is 0 e. The van der Waals surface area contributed by atoms with Gasteiger partial charge in [0.05, 0.1) is 0 Å². The molecule has 0 saturated carbocycles. The van der Waals surface area contributed by atoms with Gasteiger partial charge in [-0.05, 0) is 0 Å². The van der Waals surface area contributed by atoms with Gasteiger partial charge in [0.25, 0.3) is 0 Å². The summed E-state index contributed by atoms with van der Waals surface area (Å²) in [5, 5.41) is 0. The zero-order chi connectivity index (χ0) is 2.00. The second-order valence-electron chi connectivity index (χ2n) is 0. The van der Waals surface area contributed by atoms with Crippen molar-refractivity contribution in [1.29, 1.82) is 0 Å².